The Balaban J connectivity index is 1.57. The first kappa shape index (κ1) is 17.0. The van der Waals surface area contributed by atoms with Gasteiger partial charge in [0.2, 0.25) is 0 Å². The lowest BCUT2D eigenvalue weighted by atomic mass is 9.76. The third kappa shape index (κ3) is 3.65. The van der Waals surface area contributed by atoms with Crippen LogP contribution in [0.25, 0.3) is 0 Å². The number of nitrogens with one attached hydrogen (secondary N) is 1. The summed E-state index contributed by atoms with van der Waals surface area (Å²) in [5.41, 5.74) is 6.86. The van der Waals surface area contributed by atoms with Gasteiger partial charge in [-0.05, 0) is 37.8 Å². The molecule has 132 valence electrons. The highest BCUT2D eigenvalue weighted by Gasteiger charge is 2.47. The largest absolute Gasteiger partial charge is 0.497 e. The van der Waals surface area contributed by atoms with E-state index < -0.39 is 0 Å². The maximum Gasteiger partial charge on any atom is 0.193 e. The van der Waals surface area contributed by atoms with Gasteiger partial charge in [-0.3, -0.25) is 4.99 Å². The first-order valence-corrected chi connectivity index (χ1v) is 8.60. The summed E-state index contributed by atoms with van der Waals surface area (Å²) in [6.07, 6.45) is 3.64. The van der Waals surface area contributed by atoms with E-state index in [1.54, 1.807) is 7.11 Å². The Hall–Kier alpha value is -1.79. The summed E-state index contributed by atoms with van der Waals surface area (Å²) in [4.78, 5) is 4.44. The predicted molar refractivity (Wildman–Crippen MR) is 94.3 cm³/mol. The van der Waals surface area contributed by atoms with Crippen molar-refractivity contribution >= 4 is 11.6 Å². The van der Waals surface area contributed by atoms with Crippen LogP contribution in [0.15, 0.2) is 29.3 Å². The number of guanidine groups is 1. The first-order valence-electron chi connectivity index (χ1n) is 8.60. The van der Waals surface area contributed by atoms with Crippen molar-refractivity contribution in [1.82, 2.24) is 0 Å². The molecule has 6 nitrogen and oxygen atoms in total. The SMILES string of the molecule is COc1cccc(NC(N)=NCC2CCC3(CCOCC3)C2O)c1. The molecule has 0 bridgehead atoms. The van der Waals surface area contributed by atoms with E-state index in [2.05, 4.69) is 10.3 Å². The molecular formula is C18H27N3O3. The molecule has 1 aromatic carbocycles. The topological polar surface area (TPSA) is 89.1 Å². The Morgan fingerprint density at radius 3 is 2.96 bits per heavy atom. The molecule has 1 heterocycles. The van der Waals surface area contributed by atoms with E-state index in [0.29, 0.717) is 12.5 Å². The lowest BCUT2D eigenvalue weighted by Crippen LogP contribution is -2.39. The molecule has 2 unspecified atom stereocenters. The molecule has 1 aliphatic carbocycles. The second-order valence-electron chi connectivity index (χ2n) is 6.80. The molecule has 1 saturated heterocycles. The normalized spacial score (nSPS) is 26.5. The van der Waals surface area contributed by atoms with Crippen molar-refractivity contribution < 1.29 is 14.6 Å². The smallest absolute Gasteiger partial charge is 0.193 e. The summed E-state index contributed by atoms with van der Waals surface area (Å²) >= 11 is 0. The average Bonchev–Trinajstić information content (AvgIpc) is 2.90. The van der Waals surface area contributed by atoms with E-state index in [1.807, 2.05) is 24.3 Å². The fraction of sp³-hybridized carbons (Fsp3) is 0.611. The Kier molecular flexibility index (Phi) is 5.26. The third-order valence-electron chi connectivity index (χ3n) is 5.41. The molecule has 3 rings (SSSR count). The zero-order valence-corrected chi connectivity index (χ0v) is 14.2. The van der Waals surface area contributed by atoms with Gasteiger partial charge in [-0.25, -0.2) is 0 Å². The molecule has 2 atom stereocenters. The number of nitrogens with zero attached hydrogens (tertiary/aromatic N) is 1. The molecule has 2 fully saturated rings. The number of nitrogens with two attached hydrogens (primary N) is 1. The van der Waals surface area contributed by atoms with Crippen LogP contribution in [0, 0.1) is 11.3 Å². The molecule has 0 aromatic heterocycles. The summed E-state index contributed by atoms with van der Waals surface area (Å²) in [5.74, 6) is 1.30. The van der Waals surface area contributed by atoms with Crippen LogP contribution >= 0.6 is 0 Å². The van der Waals surface area contributed by atoms with Gasteiger partial charge in [0.05, 0.1) is 13.2 Å². The number of aliphatic hydroxyl groups is 1. The monoisotopic (exact) mass is 333 g/mol. The number of hydrogen-bond donors (Lipinski definition) is 3. The van der Waals surface area contributed by atoms with E-state index in [4.69, 9.17) is 15.2 Å². The van der Waals surface area contributed by atoms with Gasteiger partial charge in [-0.15, -0.1) is 0 Å². The number of methoxy groups -OCH3 is 1. The van der Waals surface area contributed by atoms with Gasteiger partial charge in [0, 0.05) is 42.8 Å². The minimum atomic E-state index is -0.310. The number of benzene rings is 1. The van der Waals surface area contributed by atoms with Gasteiger partial charge in [0.15, 0.2) is 5.96 Å². The Labute approximate surface area is 143 Å². The van der Waals surface area contributed by atoms with Gasteiger partial charge in [-0.1, -0.05) is 6.07 Å². The predicted octanol–water partition coefficient (Wildman–Crippen LogP) is 1.99. The van der Waals surface area contributed by atoms with Crippen LogP contribution in [-0.4, -0.2) is 44.0 Å². The number of anilines is 1. The quantitative estimate of drug-likeness (QED) is 0.579. The standard InChI is InChI=1S/C18H27N3O3/c1-23-15-4-2-3-14(11-15)21-17(19)20-12-13-5-6-18(16(13)22)7-9-24-10-8-18/h2-4,11,13,16,22H,5-10,12H2,1H3,(H3,19,20,21). The van der Waals surface area contributed by atoms with Crippen LogP contribution in [-0.2, 0) is 4.74 Å². The van der Waals surface area contributed by atoms with Crippen LogP contribution in [0.1, 0.15) is 25.7 Å². The molecule has 0 amide bonds. The van der Waals surface area contributed by atoms with Crippen LogP contribution in [0.5, 0.6) is 5.75 Å². The number of ether oxygens (including phenoxy) is 2. The highest BCUT2D eigenvalue weighted by molar-refractivity contribution is 5.92. The molecule has 1 aromatic rings. The maximum absolute atomic E-state index is 10.7. The minimum absolute atomic E-state index is 0.0351. The van der Waals surface area contributed by atoms with Crippen LogP contribution in [0.2, 0.25) is 0 Å². The lowest BCUT2D eigenvalue weighted by molar-refractivity contribution is -0.0548. The third-order valence-corrected chi connectivity index (χ3v) is 5.41. The molecule has 2 aliphatic rings. The van der Waals surface area contributed by atoms with Crippen LogP contribution in [0.4, 0.5) is 5.69 Å². The second-order valence-corrected chi connectivity index (χ2v) is 6.80. The number of rotatable bonds is 4. The molecule has 1 spiro atoms. The Bertz CT molecular complexity index is 585. The molecule has 4 N–H and O–H groups in total. The summed E-state index contributed by atoms with van der Waals surface area (Å²) in [6, 6.07) is 7.54. The highest BCUT2D eigenvalue weighted by Crippen LogP contribution is 2.48. The van der Waals surface area contributed by atoms with Crippen molar-refractivity contribution in [3.05, 3.63) is 24.3 Å². The Morgan fingerprint density at radius 2 is 2.21 bits per heavy atom. The zero-order valence-electron chi connectivity index (χ0n) is 14.2. The minimum Gasteiger partial charge on any atom is -0.497 e. The number of hydrogen-bond acceptors (Lipinski definition) is 4. The molecular weight excluding hydrogens is 306 g/mol. The number of aliphatic imine (C=N–C) groups is 1. The van der Waals surface area contributed by atoms with Crippen molar-refractivity contribution in [2.75, 3.05) is 32.2 Å². The summed E-state index contributed by atoms with van der Waals surface area (Å²) in [7, 11) is 1.63. The zero-order chi connectivity index (χ0) is 17.0. The van der Waals surface area contributed by atoms with E-state index >= 15 is 0 Å². The van der Waals surface area contributed by atoms with Crippen molar-refractivity contribution in [1.29, 1.82) is 0 Å². The molecule has 1 saturated carbocycles. The average molecular weight is 333 g/mol. The number of aliphatic hydroxyl groups excluding tert-OH is 1. The van der Waals surface area contributed by atoms with E-state index in [-0.39, 0.29) is 17.4 Å². The maximum atomic E-state index is 10.7. The Morgan fingerprint density at radius 1 is 1.42 bits per heavy atom. The van der Waals surface area contributed by atoms with Crippen molar-refractivity contribution in [2.24, 2.45) is 22.1 Å². The van der Waals surface area contributed by atoms with Gasteiger partial charge >= 0.3 is 0 Å². The fourth-order valence-corrected chi connectivity index (χ4v) is 3.90. The van der Waals surface area contributed by atoms with Crippen LogP contribution < -0.4 is 15.8 Å². The van der Waals surface area contributed by atoms with Crippen LogP contribution in [0.3, 0.4) is 0 Å². The first-order chi connectivity index (χ1) is 11.6. The van der Waals surface area contributed by atoms with E-state index in [1.165, 1.54) is 0 Å². The van der Waals surface area contributed by atoms with Gasteiger partial charge in [0.25, 0.3) is 0 Å². The van der Waals surface area contributed by atoms with Gasteiger partial charge in [0.1, 0.15) is 5.75 Å². The lowest BCUT2D eigenvalue weighted by Gasteiger charge is -2.37. The van der Waals surface area contributed by atoms with Crippen molar-refractivity contribution in [3.63, 3.8) is 0 Å². The molecule has 24 heavy (non-hydrogen) atoms. The van der Waals surface area contributed by atoms with Gasteiger partial charge in [-0.2, -0.15) is 0 Å². The van der Waals surface area contributed by atoms with Gasteiger partial charge < -0.3 is 25.6 Å². The summed E-state index contributed by atoms with van der Waals surface area (Å²) in [6.45, 7) is 2.06. The fourth-order valence-electron chi connectivity index (χ4n) is 3.90. The van der Waals surface area contributed by atoms with Crippen molar-refractivity contribution in [2.45, 2.75) is 31.8 Å². The molecule has 6 heteroatoms. The van der Waals surface area contributed by atoms with E-state index in [9.17, 15) is 5.11 Å². The highest BCUT2D eigenvalue weighted by atomic mass is 16.5. The second kappa shape index (κ2) is 7.40. The van der Waals surface area contributed by atoms with E-state index in [0.717, 1.165) is 50.3 Å². The molecule has 1 aliphatic heterocycles. The molecule has 0 radical (unpaired) electrons. The summed E-state index contributed by atoms with van der Waals surface area (Å²) < 4.78 is 10.6. The van der Waals surface area contributed by atoms with Crippen molar-refractivity contribution in [3.8, 4) is 5.75 Å². The summed E-state index contributed by atoms with van der Waals surface area (Å²) in [5, 5.41) is 13.8.